The minimum absolute atomic E-state index is 0.0477. The molecule has 1 aromatic carbocycles. The lowest BCUT2D eigenvalue weighted by molar-refractivity contribution is -0.385. The van der Waals surface area contributed by atoms with Gasteiger partial charge in [0, 0.05) is 32.5 Å². The number of rotatable bonds is 7. The minimum atomic E-state index is -0.563. The fourth-order valence-electron chi connectivity index (χ4n) is 1.74. The van der Waals surface area contributed by atoms with Crippen molar-refractivity contribution in [3.05, 3.63) is 33.9 Å². The van der Waals surface area contributed by atoms with Crippen LogP contribution in [0.2, 0.25) is 0 Å². The zero-order valence-electron chi connectivity index (χ0n) is 11.8. The van der Waals surface area contributed by atoms with Gasteiger partial charge in [0.1, 0.15) is 5.56 Å². The SMILES string of the molecule is CNc1ccc([N+](=O)[O-])c(C(=O)NCC(C)COC)c1. The summed E-state index contributed by atoms with van der Waals surface area (Å²) in [4.78, 5) is 22.5. The number of hydrogen-bond donors (Lipinski definition) is 2. The van der Waals surface area contributed by atoms with Gasteiger partial charge in [0.15, 0.2) is 0 Å². The molecule has 1 unspecified atom stereocenters. The van der Waals surface area contributed by atoms with E-state index >= 15 is 0 Å². The predicted octanol–water partition coefficient (Wildman–Crippen LogP) is 1.65. The third-order valence-electron chi connectivity index (χ3n) is 2.79. The van der Waals surface area contributed by atoms with E-state index in [1.807, 2.05) is 6.92 Å². The van der Waals surface area contributed by atoms with Crippen LogP contribution in [0.4, 0.5) is 11.4 Å². The molecule has 0 spiro atoms. The van der Waals surface area contributed by atoms with Gasteiger partial charge in [-0.1, -0.05) is 6.92 Å². The molecule has 0 saturated heterocycles. The molecule has 2 N–H and O–H groups in total. The second-order valence-electron chi connectivity index (χ2n) is 4.51. The maximum Gasteiger partial charge on any atom is 0.282 e. The molecule has 1 rings (SSSR count). The van der Waals surface area contributed by atoms with Gasteiger partial charge < -0.3 is 15.4 Å². The maximum absolute atomic E-state index is 12.1. The molecule has 0 aromatic heterocycles. The number of amides is 1. The van der Waals surface area contributed by atoms with E-state index in [1.54, 1.807) is 20.2 Å². The predicted molar refractivity (Wildman–Crippen MR) is 76.0 cm³/mol. The topological polar surface area (TPSA) is 93.5 Å². The molecule has 0 aliphatic rings. The number of nitro groups is 1. The van der Waals surface area contributed by atoms with Crippen molar-refractivity contribution < 1.29 is 14.5 Å². The number of hydrogen-bond acceptors (Lipinski definition) is 5. The summed E-state index contributed by atoms with van der Waals surface area (Å²) in [6, 6.07) is 4.34. The Hall–Kier alpha value is -2.15. The summed E-state index contributed by atoms with van der Waals surface area (Å²) >= 11 is 0. The van der Waals surface area contributed by atoms with E-state index in [-0.39, 0.29) is 17.2 Å². The molecule has 1 amide bonds. The molecule has 0 aliphatic carbocycles. The van der Waals surface area contributed by atoms with Crippen LogP contribution in [-0.2, 0) is 4.74 Å². The van der Waals surface area contributed by atoms with E-state index in [2.05, 4.69) is 10.6 Å². The second kappa shape index (κ2) is 7.44. The third kappa shape index (κ3) is 4.20. The van der Waals surface area contributed by atoms with Crippen molar-refractivity contribution in [1.29, 1.82) is 0 Å². The molecule has 7 nitrogen and oxygen atoms in total. The molecular weight excluding hydrogens is 262 g/mol. The Balaban J connectivity index is 2.87. The largest absolute Gasteiger partial charge is 0.388 e. The fraction of sp³-hybridized carbons (Fsp3) is 0.462. The number of nitrogens with zero attached hydrogens (tertiary/aromatic N) is 1. The summed E-state index contributed by atoms with van der Waals surface area (Å²) in [5.74, 6) is -0.327. The first-order valence-electron chi connectivity index (χ1n) is 6.23. The van der Waals surface area contributed by atoms with Crippen molar-refractivity contribution in [2.24, 2.45) is 5.92 Å². The van der Waals surface area contributed by atoms with Crippen LogP contribution in [0.15, 0.2) is 18.2 Å². The smallest absolute Gasteiger partial charge is 0.282 e. The summed E-state index contributed by atoms with van der Waals surface area (Å²) in [6.07, 6.45) is 0. The Morgan fingerprint density at radius 3 is 2.75 bits per heavy atom. The number of anilines is 1. The van der Waals surface area contributed by atoms with E-state index in [0.717, 1.165) is 0 Å². The highest BCUT2D eigenvalue weighted by atomic mass is 16.6. The van der Waals surface area contributed by atoms with Crippen LogP contribution in [0.3, 0.4) is 0 Å². The Labute approximate surface area is 117 Å². The van der Waals surface area contributed by atoms with Crippen molar-refractivity contribution >= 4 is 17.3 Å². The Morgan fingerprint density at radius 1 is 1.50 bits per heavy atom. The molecule has 0 bridgehead atoms. The lowest BCUT2D eigenvalue weighted by Crippen LogP contribution is -2.30. The number of nitro benzene ring substituents is 1. The minimum Gasteiger partial charge on any atom is -0.388 e. The summed E-state index contributed by atoms with van der Waals surface area (Å²) in [5.41, 5.74) is 0.484. The highest BCUT2D eigenvalue weighted by Crippen LogP contribution is 2.22. The molecule has 110 valence electrons. The highest BCUT2D eigenvalue weighted by molar-refractivity contribution is 5.99. The molecule has 20 heavy (non-hydrogen) atoms. The average Bonchev–Trinajstić information content (AvgIpc) is 2.44. The van der Waals surface area contributed by atoms with Gasteiger partial charge in [-0.15, -0.1) is 0 Å². The lowest BCUT2D eigenvalue weighted by Gasteiger charge is -2.12. The summed E-state index contributed by atoms with van der Waals surface area (Å²) in [7, 11) is 3.27. The van der Waals surface area contributed by atoms with Gasteiger partial charge in [-0.25, -0.2) is 0 Å². The van der Waals surface area contributed by atoms with Crippen LogP contribution in [0.25, 0.3) is 0 Å². The van der Waals surface area contributed by atoms with Gasteiger partial charge in [-0.2, -0.15) is 0 Å². The van der Waals surface area contributed by atoms with Crippen LogP contribution in [0.1, 0.15) is 17.3 Å². The zero-order chi connectivity index (χ0) is 15.1. The number of benzene rings is 1. The summed E-state index contributed by atoms with van der Waals surface area (Å²) < 4.78 is 4.97. The Kier molecular flexibility index (Phi) is 5.92. The average molecular weight is 281 g/mol. The standard InChI is InChI=1S/C13H19N3O4/c1-9(8-20-3)7-15-13(17)11-6-10(14-2)4-5-12(11)16(18)19/h4-6,9,14H,7-8H2,1-3H3,(H,15,17). The van der Waals surface area contributed by atoms with Crippen LogP contribution in [0, 0.1) is 16.0 Å². The highest BCUT2D eigenvalue weighted by Gasteiger charge is 2.20. The quantitative estimate of drug-likeness (QED) is 0.585. The number of carbonyl (C=O) groups is 1. The Bertz CT molecular complexity index is 491. The van der Waals surface area contributed by atoms with Gasteiger partial charge in [-0.05, 0) is 18.1 Å². The molecule has 1 aromatic rings. The molecule has 0 saturated carbocycles. The van der Waals surface area contributed by atoms with Gasteiger partial charge in [-0.3, -0.25) is 14.9 Å². The first-order chi connectivity index (χ1) is 9.49. The van der Waals surface area contributed by atoms with Gasteiger partial charge in [0.2, 0.25) is 0 Å². The second-order valence-corrected chi connectivity index (χ2v) is 4.51. The summed E-state index contributed by atoms with van der Waals surface area (Å²) in [6.45, 7) is 2.83. The van der Waals surface area contributed by atoms with Crippen LogP contribution >= 0.6 is 0 Å². The molecule has 7 heteroatoms. The number of methoxy groups -OCH3 is 1. The zero-order valence-corrected chi connectivity index (χ0v) is 11.8. The van der Waals surface area contributed by atoms with E-state index in [9.17, 15) is 14.9 Å². The van der Waals surface area contributed by atoms with Gasteiger partial charge in [0.25, 0.3) is 11.6 Å². The molecule has 0 radical (unpaired) electrons. The van der Waals surface area contributed by atoms with Crippen molar-refractivity contribution in [1.82, 2.24) is 5.32 Å². The molecular formula is C13H19N3O4. The summed E-state index contributed by atoms with van der Waals surface area (Å²) in [5, 5.41) is 16.5. The third-order valence-corrected chi connectivity index (χ3v) is 2.79. The molecule has 1 atom stereocenters. The van der Waals surface area contributed by atoms with Crippen LogP contribution < -0.4 is 10.6 Å². The van der Waals surface area contributed by atoms with E-state index in [4.69, 9.17) is 4.74 Å². The maximum atomic E-state index is 12.1. The first kappa shape index (κ1) is 15.9. The van der Waals surface area contributed by atoms with E-state index in [1.165, 1.54) is 12.1 Å². The van der Waals surface area contributed by atoms with Crippen LogP contribution in [0.5, 0.6) is 0 Å². The van der Waals surface area contributed by atoms with Crippen molar-refractivity contribution in [3.8, 4) is 0 Å². The number of ether oxygens (including phenoxy) is 1. The van der Waals surface area contributed by atoms with Crippen LogP contribution in [-0.4, -0.2) is 38.1 Å². The number of carbonyl (C=O) groups excluding carboxylic acids is 1. The Morgan fingerprint density at radius 2 is 2.20 bits per heavy atom. The molecule has 0 heterocycles. The normalized spacial score (nSPS) is 11.8. The monoisotopic (exact) mass is 281 g/mol. The van der Waals surface area contributed by atoms with E-state index < -0.39 is 10.8 Å². The fourth-order valence-corrected chi connectivity index (χ4v) is 1.74. The van der Waals surface area contributed by atoms with Crippen molar-refractivity contribution in [3.63, 3.8) is 0 Å². The molecule has 0 aliphatic heterocycles. The molecule has 0 fully saturated rings. The first-order valence-corrected chi connectivity index (χ1v) is 6.23. The van der Waals surface area contributed by atoms with Crippen molar-refractivity contribution in [2.75, 3.05) is 32.6 Å². The lowest BCUT2D eigenvalue weighted by atomic mass is 10.1. The number of nitrogens with one attached hydrogen (secondary N) is 2. The van der Waals surface area contributed by atoms with Crippen molar-refractivity contribution in [2.45, 2.75) is 6.92 Å². The van der Waals surface area contributed by atoms with Gasteiger partial charge >= 0.3 is 0 Å². The van der Waals surface area contributed by atoms with E-state index in [0.29, 0.717) is 18.8 Å². The van der Waals surface area contributed by atoms with Gasteiger partial charge in [0.05, 0.1) is 11.5 Å².